The van der Waals surface area contributed by atoms with Gasteiger partial charge in [0.15, 0.2) is 0 Å². The fourth-order valence-corrected chi connectivity index (χ4v) is 3.20. The number of aromatic nitrogens is 4. The molecule has 1 aromatic carbocycles. The van der Waals surface area contributed by atoms with Crippen LogP contribution in [-0.2, 0) is 13.0 Å². The summed E-state index contributed by atoms with van der Waals surface area (Å²) in [5.41, 5.74) is 1.17. The molecule has 2 aromatic heterocycles. The second-order valence-corrected chi connectivity index (χ2v) is 6.64. The highest BCUT2D eigenvalue weighted by Gasteiger charge is 2.21. The molecule has 0 atom stereocenters. The quantitative estimate of drug-likeness (QED) is 0.617. The number of hydrogen-bond donors (Lipinski definition) is 0. The summed E-state index contributed by atoms with van der Waals surface area (Å²) in [5.74, 6) is 2.65. The topological polar surface area (TPSA) is 80.4 Å². The largest absolute Gasteiger partial charge is 0.478 e. The number of anilines is 1. The average Bonchev–Trinajstić information content (AvgIpc) is 3.16. The zero-order valence-electron chi connectivity index (χ0n) is 16.0. The molecule has 1 aliphatic rings. The van der Waals surface area contributed by atoms with E-state index in [0.29, 0.717) is 43.2 Å². The van der Waals surface area contributed by atoms with Gasteiger partial charge in [-0.2, -0.15) is 4.98 Å². The lowest BCUT2D eigenvalue weighted by molar-refractivity contribution is 0.223. The molecule has 3 aromatic rings. The van der Waals surface area contributed by atoms with Gasteiger partial charge in [-0.25, -0.2) is 4.98 Å². The molecular weight excluding hydrogens is 356 g/mol. The predicted molar refractivity (Wildman–Crippen MR) is 104 cm³/mol. The van der Waals surface area contributed by atoms with E-state index in [1.54, 1.807) is 12.3 Å². The molecule has 0 bridgehead atoms. The van der Waals surface area contributed by atoms with Crippen LogP contribution in [-0.4, -0.2) is 57.9 Å². The van der Waals surface area contributed by atoms with Crippen LogP contribution in [0, 0.1) is 0 Å². The summed E-state index contributed by atoms with van der Waals surface area (Å²) in [6.45, 7) is 6.68. The molecule has 1 saturated heterocycles. The van der Waals surface area contributed by atoms with Crippen molar-refractivity contribution in [1.29, 1.82) is 0 Å². The van der Waals surface area contributed by atoms with Gasteiger partial charge < -0.3 is 14.1 Å². The van der Waals surface area contributed by atoms with Crippen LogP contribution in [0.1, 0.15) is 24.3 Å². The van der Waals surface area contributed by atoms with Gasteiger partial charge in [0.05, 0.1) is 19.6 Å². The van der Waals surface area contributed by atoms with Crippen molar-refractivity contribution in [3.8, 4) is 5.88 Å². The fraction of sp³-hybridized carbons (Fsp3) is 0.400. The number of hydrogen-bond acceptors (Lipinski definition) is 8. The smallest absolute Gasteiger partial charge is 0.230 e. The molecule has 0 amide bonds. The van der Waals surface area contributed by atoms with Gasteiger partial charge in [-0.05, 0) is 12.5 Å². The molecule has 3 heterocycles. The second kappa shape index (κ2) is 8.79. The Morgan fingerprint density at radius 3 is 2.57 bits per heavy atom. The number of piperazine rings is 1. The third-order valence-electron chi connectivity index (χ3n) is 4.63. The SMILES string of the molecule is CCOc1ccnc(N2CCN(Cc3nnc(Cc4ccccc4)o3)CC2)n1. The maximum atomic E-state index is 5.83. The highest BCUT2D eigenvalue weighted by molar-refractivity contribution is 5.32. The Kier molecular flexibility index (Phi) is 5.77. The van der Waals surface area contributed by atoms with E-state index in [-0.39, 0.29) is 0 Å². The zero-order chi connectivity index (χ0) is 19.2. The van der Waals surface area contributed by atoms with Crippen LogP contribution in [0.15, 0.2) is 47.0 Å². The maximum Gasteiger partial charge on any atom is 0.230 e. The number of rotatable bonds is 7. The van der Waals surface area contributed by atoms with E-state index in [0.717, 1.165) is 26.2 Å². The van der Waals surface area contributed by atoms with Crippen molar-refractivity contribution < 1.29 is 9.15 Å². The number of benzene rings is 1. The Hall–Kier alpha value is -3.00. The van der Waals surface area contributed by atoms with E-state index in [2.05, 4.69) is 42.1 Å². The molecular formula is C20H24N6O2. The molecule has 146 valence electrons. The van der Waals surface area contributed by atoms with E-state index in [9.17, 15) is 0 Å². The Bertz CT molecular complexity index is 877. The average molecular weight is 380 g/mol. The molecule has 28 heavy (non-hydrogen) atoms. The van der Waals surface area contributed by atoms with Crippen molar-refractivity contribution in [1.82, 2.24) is 25.1 Å². The van der Waals surface area contributed by atoms with Gasteiger partial charge in [-0.3, -0.25) is 4.90 Å². The molecule has 0 aliphatic carbocycles. The van der Waals surface area contributed by atoms with E-state index < -0.39 is 0 Å². The monoisotopic (exact) mass is 380 g/mol. The van der Waals surface area contributed by atoms with E-state index in [1.807, 2.05) is 25.1 Å². The van der Waals surface area contributed by atoms with Gasteiger partial charge in [0.1, 0.15) is 0 Å². The third-order valence-corrected chi connectivity index (χ3v) is 4.63. The molecule has 0 unspecified atom stereocenters. The first-order chi connectivity index (χ1) is 13.8. The highest BCUT2D eigenvalue weighted by atomic mass is 16.5. The van der Waals surface area contributed by atoms with Gasteiger partial charge >= 0.3 is 0 Å². The summed E-state index contributed by atoms with van der Waals surface area (Å²) >= 11 is 0. The first-order valence-electron chi connectivity index (χ1n) is 9.58. The van der Waals surface area contributed by atoms with Gasteiger partial charge in [0, 0.05) is 38.4 Å². The molecule has 4 rings (SSSR count). The Labute approximate surface area is 164 Å². The first-order valence-corrected chi connectivity index (χ1v) is 9.58. The van der Waals surface area contributed by atoms with Crippen molar-refractivity contribution in [3.05, 3.63) is 59.9 Å². The van der Waals surface area contributed by atoms with Crippen LogP contribution in [0.4, 0.5) is 5.95 Å². The van der Waals surface area contributed by atoms with Crippen LogP contribution in [0.3, 0.4) is 0 Å². The second-order valence-electron chi connectivity index (χ2n) is 6.64. The minimum atomic E-state index is 0.598. The van der Waals surface area contributed by atoms with Gasteiger partial charge in [-0.15, -0.1) is 10.2 Å². The Morgan fingerprint density at radius 2 is 1.79 bits per heavy atom. The summed E-state index contributed by atoms with van der Waals surface area (Å²) in [6.07, 6.45) is 2.40. The van der Waals surface area contributed by atoms with Gasteiger partial charge in [0.2, 0.25) is 23.6 Å². The lowest BCUT2D eigenvalue weighted by atomic mass is 10.2. The summed E-state index contributed by atoms with van der Waals surface area (Å²) < 4.78 is 11.3. The van der Waals surface area contributed by atoms with Crippen LogP contribution in [0.5, 0.6) is 5.88 Å². The highest BCUT2D eigenvalue weighted by Crippen LogP contribution is 2.16. The molecule has 0 saturated carbocycles. The molecule has 0 radical (unpaired) electrons. The van der Waals surface area contributed by atoms with Crippen molar-refractivity contribution >= 4 is 5.95 Å². The van der Waals surface area contributed by atoms with Crippen LogP contribution in [0.2, 0.25) is 0 Å². The van der Waals surface area contributed by atoms with E-state index in [1.165, 1.54) is 5.56 Å². The molecule has 1 fully saturated rings. The standard InChI is InChI=1S/C20H24N6O2/c1-2-27-17-8-9-21-20(22-17)26-12-10-25(11-13-26)15-19-24-23-18(28-19)14-16-6-4-3-5-7-16/h3-9H,2,10-15H2,1H3. The molecule has 0 spiro atoms. The molecule has 1 aliphatic heterocycles. The molecule has 8 nitrogen and oxygen atoms in total. The van der Waals surface area contributed by atoms with E-state index in [4.69, 9.17) is 9.15 Å². The minimum Gasteiger partial charge on any atom is -0.478 e. The Balaban J connectivity index is 1.29. The third kappa shape index (κ3) is 4.64. The fourth-order valence-electron chi connectivity index (χ4n) is 3.20. The van der Waals surface area contributed by atoms with E-state index >= 15 is 0 Å². The maximum absolute atomic E-state index is 5.83. The summed E-state index contributed by atoms with van der Waals surface area (Å²) in [5, 5.41) is 8.38. The van der Waals surface area contributed by atoms with Crippen LogP contribution in [0.25, 0.3) is 0 Å². The van der Waals surface area contributed by atoms with Crippen molar-refractivity contribution in [3.63, 3.8) is 0 Å². The van der Waals surface area contributed by atoms with Crippen LogP contribution < -0.4 is 9.64 Å². The zero-order valence-corrected chi connectivity index (χ0v) is 16.0. The molecule has 8 heteroatoms. The minimum absolute atomic E-state index is 0.598. The van der Waals surface area contributed by atoms with Gasteiger partial charge in [-0.1, -0.05) is 30.3 Å². The predicted octanol–water partition coefficient (Wildman–Crippen LogP) is 2.17. The van der Waals surface area contributed by atoms with Crippen molar-refractivity contribution in [2.75, 3.05) is 37.7 Å². The lowest BCUT2D eigenvalue weighted by Crippen LogP contribution is -2.46. The number of ether oxygens (including phenoxy) is 1. The van der Waals surface area contributed by atoms with Crippen molar-refractivity contribution in [2.24, 2.45) is 0 Å². The van der Waals surface area contributed by atoms with Crippen molar-refractivity contribution in [2.45, 2.75) is 19.9 Å². The Morgan fingerprint density at radius 1 is 1.00 bits per heavy atom. The summed E-state index contributed by atoms with van der Waals surface area (Å²) in [6, 6.07) is 11.9. The first kappa shape index (κ1) is 18.4. The molecule has 0 N–H and O–H groups in total. The summed E-state index contributed by atoms with van der Waals surface area (Å²) in [4.78, 5) is 13.3. The number of nitrogens with zero attached hydrogens (tertiary/aromatic N) is 6. The normalized spacial score (nSPS) is 15.0. The lowest BCUT2D eigenvalue weighted by Gasteiger charge is -2.33. The van der Waals surface area contributed by atoms with Crippen LogP contribution >= 0.6 is 0 Å². The summed E-state index contributed by atoms with van der Waals surface area (Å²) in [7, 11) is 0. The van der Waals surface area contributed by atoms with Gasteiger partial charge in [0.25, 0.3) is 0 Å².